The summed E-state index contributed by atoms with van der Waals surface area (Å²) >= 11 is 1.60. The Morgan fingerprint density at radius 3 is 2.52 bits per heavy atom. The molecule has 23 heavy (non-hydrogen) atoms. The average molecular weight is 356 g/mol. The Balaban J connectivity index is 3.04. The summed E-state index contributed by atoms with van der Waals surface area (Å²) in [6.07, 6.45) is 1.87. The predicted octanol–water partition coefficient (Wildman–Crippen LogP) is 4.20. The largest absolute Gasteiger partial charge is 0.410 e. The highest BCUT2D eigenvalue weighted by molar-refractivity contribution is 7.09. The Hall–Kier alpha value is -0.823. The van der Waals surface area contributed by atoms with Crippen molar-refractivity contribution in [2.45, 2.75) is 65.3 Å². The van der Waals surface area contributed by atoms with Crippen LogP contribution in [0.1, 0.15) is 44.8 Å². The number of carbonyl (C=O) groups excluding carboxylic acids is 1. The Labute approximate surface area is 144 Å². The Kier molecular flexibility index (Phi) is 6.89. The molecule has 6 heteroatoms. The molecule has 0 fully saturated rings. The number of carbonyl (C=O) groups is 1. The van der Waals surface area contributed by atoms with Crippen molar-refractivity contribution in [3.63, 3.8) is 0 Å². The van der Waals surface area contributed by atoms with Gasteiger partial charge in [0.25, 0.3) is 0 Å². The van der Waals surface area contributed by atoms with Crippen LogP contribution in [-0.2, 0) is 9.22 Å². The highest BCUT2D eigenvalue weighted by atomic mass is 32.1. The van der Waals surface area contributed by atoms with E-state index in [1.165, 1.54) is 0 Å². The van der Waals surface area contributed by atoms with Gasteiger partial charge in [0.05, 0.1) is 16.8 Å². The lowest BCUT2D eigenvalue weighted by atomic mass is 10.1. The van der Waals surface area contributed by atoms with E-state index in [0.717, 1.165) is 16.3 Å². The van der Waals surface area contributed by atoms with Gasteiger partial charge < -0.3 is 9.53 Å². The quantitative estimate of drug-likeness (QED) is 0.745. The smallest absolute Gasteiger partial charge is 0.192 e. The molecule has 0 aromatic carbocycles. The fourth-order valence-electron chi connectivity index (χ4n) is 1.87. The van der Waals surface area contributed by atoms with Crippen LogP contribution in [0, 0.1) is 6.92 Å². The maximum absolute atomic E-state index is 11.8. The fourth-order valence-corrected chi connectivity index (χ4v) is 3.78. The van der Waals surface area contributed by atoms with Crippen LogP contribution >= 0.6 is 11.3 Å². The first-order valence-electron chi connectivity index (χ1n) is 7.87. The molecule has 1 heterocycles. The number of Topliss-reactive ketones (excluding diaryl/α,β-unsaturated/α-hetero) is 1. The summed E-state index contributed by atoms with van der Waals surface area (Å²) in [5, 5.41) is 12.2. The minimum absolute atomic E-state index is 0.0605. The number of thiazole rings is 1. The molecule has 1 aromatic heterocycles. The van der Waals surface area contributed by atoms with Gasteiger partial charge in [-0.15, -0.1) is 11.3 Å². The summed E-state index contributed by atoms with van der Waals surface area (Å²) in [6, 6.07) is 0. The monoisotopic (exact) mass is 355 g/mol. The van der Waals surface area contributed by atoms with Gasteiger partial charge in [-0.3, -0.25) is 4.79 Å². The molecule has 0 amide bonds. The number of hydrogen-bond donors (Lipinski definition) is 1. The first-order chi connectivity index (χ1) is 10.5. The van der Waals surface area contributed by atoms with E-state index in [-0.39, 0.29) is 23.3 Å². The van der Waals surface area contributed by atoms with Gasteiger partial charge in [0.15, 0.2) is 14.1 Å². The number of hydrogen-bond acceptors (Lipinski definition) is 5. The number of aliphatic hydroxyl groups is 1. The molecule has 0 spiro atoms. The van der Waals surface area contributed by atoms with Gasteiger partial charge in [-0.05, 0) is 43.6 Å². The lowest BCUT2D eigenvalue weighted by Crippen LogP contribution is -2.44. The Bertz CT molecular complexity index is 573. The molecule has 1 aromatic rings. The molecule has 0 radical (unpaired) electrons. The molecule has 0 unspecified atom stereocenters. The zero-order valence-electron chi connectivity index (χ0n) is 15.3. The number of aliphatic hydroxyl groups excluding tert-OH is 1. The number of rotatable bonds is 7. The summed E-state index contributed by atoms with van der Waals surface area (Å²) in [5.41, 5.74) is 1.87. The molecule has 1 atom stereocenters. The van der Waals surface area contributed by atoms with Crippen LogP contribution in [-0.4, -0.2) is 36.9 Å². The minimum atomic E-state index is -2.01. The van der Waals surface area contributed by atoms with Gasteiger partial charge in [0.2, 0.25) is 0 Å². The van der Waals surface area contributed by atoms with Crippen molar-refractivity contribution in [2.75, 3.05) is 6.61 Å². The van der Waals surface area contributed by atoms with E-state index in [2.05, 4.69) is 38.8 Å². The molecule has 1 rings (SSSR count). The van der Waals surface area contributed by atoms with Gasteiger partial charge in [0, 0.05) is 11.8 Å². The molecule has 0 aliphatic heterocycles. The normalized spacial score (nSPS) is 14.9. The van der Waals surface area contributed by atoms with Crippen LogP contribution in [0.2, 0.25) is 18.1 Å². The fraction of sp³-hybridized carbons (Fsp3) is 0.647. The van der Waals surface area contributed by atoms with Gasteiger partial charge in [0.1, 0.15) is 6.61 Å². The molecule has 1 N–H and O–H groups in total. The number of aromatic nitrogens is 1. The third-order valence-corrected chi connectivity index (χ3v) is 9.63. The van der Waals surface area contributed by atoms with Crippen molar-refractivity contribution >= 4 is 31.5 Å². The van der Waals surface area contributed by atoms with Crippen molar-refractivity contribution < 1.29 is 14.3 Å². The first-order valence-corrected chi connectivity index (χ1v) is 11.7. The van der Waals surface area contributed by atoms with E-state index in [0.29, 0.717) is 0 Å². The zero-order chi connectivity index (χ0) is 17.8. The van der Waals surface area contributed by atoms with E-state index in [4.69, 9.17) is 9.53 Å². The van der Waals surface area contributed by atoms with E-state index in [1.807, 2.05) is 25.3 Å². The molecular weight excluding hydrogens is 326 g/mol. The summed E-state index contributed by atoms with van der Waals surface area (Å²) in [4.78, 5) is 16.2. The topological polar surface area (TPSA) is 59.4 Å². The van der Waals surface area contributed by atoms with Crippen LogP contribution in [0.3, 0.4) is 0 Å². The molecule has 130 valence electrons. The van der Waals surface area contributed by atoms with Crippen LogP contribution < -0.4 is 0 Å². The van der Waals surface area contributed by atoms with Crippen LogP contribution in [0.15, 0.2) is 11.0 Å². The lowest BCUT2D eigenvalue weighted by Gasteiger charge is -2.39. The van der Waals surface area contributed by atoms with Gasteiger partial charge in [-0.2, -0.15) is 0 Å². The number of nitrogens with zero attached hydrogens (tertiary/aromatic N) is 1. The minimum Gasteiger partial charge on any atom is -0.410 e. The summed E-state index contributed by atoms with van der Waals surface area (Å²) in [5.74, 6) is -0.198. The van der Waals surface area contributed by atoms with Gasteiger partial charge >= 0.3 is 0 Å². The second-order valence-corrected chi connectivity index (χ2v) is 13.3. The van der Waals surface area contributed by atoms with E-state index in [9.17, 15) is 4.79 Å². The first kappa shape index (κ1) is 20.2. The molecule has 0 saturated heterocycles. The van der Waals surface area contributed by atoms with Crippen molar-refractivity contribution in [3.8, 4) is 0 Å². The molecule has 0 saturated carbocycles. The second-order valence-electron chi connectivity index (χ2n) is 7.45. The van der Waals surface area contributed by atoms with E-state index >= 15 is 0 Å². The summed E-state index contributed by atoms with van der Waals surface area (Å²) in [6.45, 7) is 14.4. The maximum Gasteiger partial charge on any atom is 0.192 e. The third kappa shape index (κ3) is 5.95. The van der Waals surface area contributed by atoms with Crippen LogP contribution in [0.25, 0.3) is 6.08 Å². The number of ketones is 1. The zero-order valence-corrected chi connectivity index (χ0v) is 17.1. The van der Waals surface area contributed by atoms with Crippen molar-refractivity contribution in [2.24, 2.45) is 0 Å². The molecule has 4 nitrogen and oxygen atoms in total. The van der Waals surface area contributed by atoms with Crippen molar-refractivity contribution in [1.29, 1.82) is 0 Å². The third-order valence-electron chi connectivity index (χ3n) is 4.35. The SMILES string of the molecule is C/C(=C\c1csc(C)n1)[C@H](CC(=O)CO)O[Si](C)(C)C(C)(C)C. The van der Waals surface area contributed by atoms with E-state index in [1.54, 1.807) is 11.3 Å². The van der Waals surface area contributed by atoms with Gasteiger partial charge in [-0.25, -0.2) is 4.98 Å². The highest BCUT2D eigenvalue weighted by Crippen LogP contribution is 2.38. The van der Waals surface area contributed by atoms with Crippen molar-refractivity contribution in [1.82, 2.24) is 4.98 Å². The Morgan fingerprint density at radius 2 is 2.09 bits per heavy atom. The standard InChI is InChI=1S/C17H29NO3SSi/c1-12(8-14-11-22-13(2)18-14)16(9-15(20)10-19)21-23(6,7)17(3,4)5/h8,11,16,19H,9-10H2,1-7H3/b12-8+/t16-/m0/s1. The van der Waals surface area contributed by atoms with Gasteiger partial charge in [-0.1, -0.05) is 20.8 Å². The highest BCUT2D eigenvalue weighted by Gasteiger charge is 2.39. The van der Waals surface area contributed by atoms with Crippen LogP contribution in [0.4, 0.5) is 0 Å². The number of aryl methyl sites for hydroxylation is 1. The lowest BCUT2D eigenvalue weighted by molar-refractivity contribution is -0.123. The molecular formula is C17H29NO3SSi. The van der Waals surface area contributed by atoms with Crippen molar-refractivity contribution in [3.05, 3.63) is 21.7 Å². The van der Waals surface area contributed by atoms with E-state index < -0.39 is 14.9 Å². The second kappa shape index (κ2) is 7.83. The van der Waals surface area contributed by atoms with Crippen LogP contribution in [0.5, 0.6) is 0 Å². The molecule has 0 aliphatic carbocycles. The summed E-state index contributed by atoms with van der Waals surface area (Å²) in [7, 11) is -2.01. The predicted molar refractivity (Wildman–Crippen MR) is 99.3 cm³/mol. The molecule has 0 aliphatic rings. The summed E-state index contributed by atoms with van der Waals surface area (Å²) < 4.78 is 6.43. The maximum atomic E-state index is 11.8. The Morgan fingerprint density at radius 1 is 1.48 bits per heavy atom. The average Bonchev–Trinajstić information content (AvgIpc) is 2.81. The molecule has 0 bridgehead atoms.